The van der Waals surface area contributed by atoms with Gasteiger partial charge in [-0.05, 0) is 13.0 Å². The zero-order valence-electron chi connectivity index (χ0n) is 15.0. The van der Waals surface area contributed by atoms with Gasteiger partial charge in [-0.3, -0.25) is 4.79 Å². The number of nitrogens with one attached hydrogen (secondary N) is 1. The summed E-state index contributed by atoms with van der Waals surface area (Å²) in [5.74, 6) is 2.00. The summed E-state index contributed by atoms with van der Waals surface area (Å²) in [7, 11) is 1.62. The fourth-order valence-corrected chi connectivity index (χ4v) is 2.63. The van der Waals surface area contributed by atoms with E-state index in [-0.39, 0.29) is 5.91 Å². The van der Waals surface area contributed by atoms with Crippen LogP contribution in [0.5, 0.6) is 5.75 Å². The number of carbonyl (C=O) groups excluding carboxylic acids is 1. The van der Waals surface area contributed by atoms with Crippen molar-refractivity contribution in [3.63, 3.8) is 0 Å². The molecule has 1 aromatic heterocycles. The second-order valence-electron chi connectivity index (χ2n) is 6.07. The Labute approximate surface area is 153 Å². The number of nitrogens with zero attached hydrogens (tertiary/aromatic N) is 1. The van der Waals surface area contributed by atoms with Crippen LogP contribution in [0, 0.1) is 6.92 Å². The van der Waals surface area contributed by atoms with Crippen molar-refractivity contribution < 1.29 is 13.9 Å². The molecule has 0 saturated heterocycles. The topological polar surface area (TPSA) is 64.4 Å². The summed E-state index contributed by atoms with van der Waals surface area (Å²) in [4.78, 5) is 16.3. The molecule has 134 valence electrons. The van der Waals surface area contributed by atoms with Crippen LogP contribution in [0.25, 0.3) is 11.3 Å². The van der Waals surface area contributed by atoms with Gasteiger partial charge in [-0.1, -0.05) is 48.0 Å². The summed E-state index contributed by atoms with van der Waals surface area (Å²) in [6, 6.07) is 15.7. The Hall–Kier alpha value is -3.08. The van der Waals surface area contributed by atoms with Crippen LogP contribution in [0.1, 0.15) is 23.4 Å². The smallest absolute Gasteiger partial charge is 0.220 e. The molecule has 0 atom stereocenters. The van der Waals surface area contributed by atoms with Gasteiger partial charge in [-0.15, -0.1) is 0 Å². The van der Waals surface area contributed by atoms with Crippen molar-refractivity contribution in [1.82, 2.24) is 10.3 Å². The van der Waals surface area contributed by atoms with Crippen LogP contribution in [0.2, 0.25) is 0 Å². The summed E-state index contributed by atoms with van der Waals surface area (Å²) >= 11 is 0. The van der Waals surface area contributed by atoms with E-state index in [9.17, 15) is 4.79 Å². The van der Waals surface area contributed by atoms with Crippen LogP contribution in [0.3, 0.4) is 0 Å². The van der Waals surface area contributed by atoms with Gasteiger partial charge in [0.25, 0.3) is 0 Å². The molecule has 0 saturated carbocycles. The molecule has 0 aliphatic rings. The zero-order valence-corrected chi connectivity index (χ0v) is 15.0. The highest BCUT2D eigenvalue weighted by atomic mass is 16.5. The number of methoxy groups -OCH3 is 1. The minimum atomic E-state index is -0.0500. The summed E-state index contributed by atoms with van der Waals surface area (Å²) in [6.07, 6.45) is 2.49. The monoisotopic (exact) mass is 350 g/mol. The van der Waals surface area contributed by atoms with E-state index >= 15 is 0 Å². The standard InChI is InChI=1S/C21H22N2O3/c1-15-7-9-16(10-8-15)19-14-23-21(26-19)12-11-20(24)22-13-17-5-3-4-6-18(17)25-2/h3-10,14H,11-13H2,1-2H3,(H,22,24). The predicted molar refractivity (Wildman–Crippen MR) is 99.8 cm³/mol. The molecular weight excluding hydrogens is 328 g/mol. The Morgan fingerprint density at radius 1 is 1.15 bits per heavy atom. The van der Waals surface area contributed by atoms with Gasteiger partial charge in [0.05, 0.1) is 13.3 Å². The number of hydrogen-bond acceptors (Lipinski definition) is 4. The highest BCUT2D eigenvalue weighted by molar-refractivity contribution is 5.76. The minimum absolute atomic E-state index is 0.0500. The molecule has 0 unspecified atom stereocenters. The second kappa shape index (κ2) is 8.34. The number of benzene rings is 2. The Kier molecular flexibility index (Phi) is 5.69. The number of oxazole rings is 1. The molecule has 0 bridgehead atoms. The number of amides is 1. The molecule has 0 aliphatic heterocycles. The summed E-state index contributed by atoms with van der Waals surface area (Å²) < 4.78 is 11.0. The first-order valence-corrected chi connectivity index (χ1v) is 8.56. The van der Waals surface area contributed by atoms with Crippen LogP contribution in [-0.2, 0) is 17.8 Å². The lowest BCUT2D eigenvalue weighted by Crippen LogP contribution is -2.23. The molecule has 0 radical (unpaired) electrons. The first-order chi connectivity index (χ1) is 12.7. The highest BCUT2D eigenvalue weighted by Crippen LogP contribution is 2.21. The van der Waals surface area contributed by atoms with Crippen LogP contribution >= 0.6 is 0 Å². The average Bonchev–Trinajstić information content (AvgIpc) is 3.14. The normalized spacial score (nSPS) is 10.5. The summed E-state index contributed by atoms with van der Waals surface area (Å²) in [5, 5.41) is 2.90. The van der Waals surface area contributed by atoms with Crippen LogP contribution in [0.4, 0.5) is 0 Å². The first-order valence-electron chi connectivity index (χ1n) is 8.56. The molecule has 1 heterocycles. The van der Waals surface area contributed by atoms with Crippen molar-refractivity contribution in [3.8, 4) is 17.1 Å². The van der Waals surface area contributed by atoms with Gasteiger partial charge in [-0.2, -0.15) is 0 Å². The second-order valence-corrected chi connectivity index (χ2v) is 6.07. The van der Waals surface area contributed by atoms with Crippen molar-refractivity contribution in [3.05, 3.63) is 71.7 Å². The van der Waals surface area contributed by atoms with Crippen LogP contribution < -0.4 is 10.1 Å². The fourth-order valence-electron chi connectivity index (χ4n) is 2.63. The third kappa shape index (κ3) is 4.51. The maximum Gasteiger partial charge on any atom is 0.220 e. The number of carbonyl (C=O) groups is 1. The number of aryl methyl sites for hydroxylation is 2. The first kappa shape index (κ1) is 17.7. The van der Waals surface area contributed by atoms with E-state index in [1.165, 1.54) is 5.56 Å². The summed E-state index contributed by atoms with van der Waals surface area (Å²) in [6.45, 7) is 2.47. The van der Waals surface area contributed by atoms with Gasteiger partial charge in [0.1, 0.15) is 5.75 Å². The van der Waals surface area contributed by atoms with Gasteiger partial charge < -0.3 is 14.5 Å². The lowest BCUT2D eigenvalue weighted by atomic mass is 10.1. The SMILES string of the molecule is COc1ccccc1CNC(=O)CCc1ncc(-c2ccc(C)cc2)o1. The number of aromatic nitrogens is 1. The quantitative estimate of drug-likeness (QED) is 0.702. The maximum absolute atomic E-state index is 12.1. The van der Waals surface area contributed by atoms with Crippen molar-refractivity contribution >= 4 is 5.91 Å². The third-order valence-corrected chi connectivity index (χ3v) is 4.12. The van der Waals surface area contributed by atoms with Crippen molar-refractivity contribution in [2.45, 2.75) is 26.3 Å². The van der Waals surface area contributed by atoms with Gasteiger partial charge in [0.15, 0.2) is 11.7 Å². The highest BCUT2D eigenvalue weighted by Gasteiger charge is 2.10. The van der Waals surface area contributed by atoms with Crippen LogP contribution in [0.15, 0.2) is 59.1 Å². The molecule has 3 aromatic rings. The Bertz CT molecular complexity index is 869. The molecule has 1 amide bonds. The molecule has 1 N–H and O–H groups in total. The van der Waals surface area contributed by atoms with Gasteiger partial charge >= 0.3 is 0 Å². The van der Waals surface area contributed by atoms with Crippen molar-refractivity contribution in [2.75, 3.05) is 7.11 Å². The van der Waals surface area contributed by atoms with E-state index < -0.39 is 0 Å². The van der Waals surface area contributed by atoms with E-state index in [0.29, 0.717) is 25.3 Å². The van der Waals surface area contributed by atoms with Gasteiger partial charge in [0, 0.05) is 30.5 Å². The Morgan fingerprint density at radius 3 is 2.69 bits per heavy atom. The summed E-state index contributed by atoms with van der Waals surface area (Å²) in [5.41, 5.74) is 3.12. The minimum Gasteiger partial charge on any atom is -0.496 e. The maximum atomic E-state index is 12.1. The van der Waals surface area contributed by atoms with Crippen molar-refractivity contribution in [2.24, 2.45) is 0 Å². The van der Waals surface area contributed by atoms with E-state index in [0.717, 1.165) is 22.6 Å². The predicted octanol–water partition coefficient (Wildman–Crippen LogP) is 3.91. The lowest BCUT2D eigenvalue weighted by molar-refractivity contribution is -0.121. The Morgan fingerprint density at radius 2 is 1.92 bits per heavy atom. The average molecular weight is 350 g/mol. The van der Waals surface area contributed by atoms with E-state index in [2.05, 4.69) is 10.3 Å². The van der Waals surface area contributed by atoms with E-state index in [1.807, 2.05) is 55.5 Å². The molecule has 3 rings (SSSR count). The number of hydrogen-bond donors (Lipinski definition) is 1. The molecule has 2 aromatic carbocycles. The molecular formula is C21H22N2O3. The molecule has 26 heavy (non-hydrogen) atoms. The fraction of sp³-hybridized carbons (Fsp3) is 0.238. The molecule has 0 aliphatic carbocycles. The molecule has 5 heteroatoms. The van der Waals surface area contributed by atoms with Crippen LogP contribution in [-0.4, -0.2) is 18.0 Å². The molecule has 5 nitrogen and oxygen atoms in total. The van der Waals surface area contributed by atoms with Gasteiger partial charge in [-0.25, -0.2) is 4.98 Å². The number of para-hydroxylation sites is 1. The largest absolute Gasteiger partial charge is 0.496 e. The van der Waals surface area contributed by atoms with E-state index in [4.69, 9.17) is 9.15 Å². The lowest BCUT2D eigenvalue weighted by Gasteiger charge is -2.09. The molecule has 0 spiro atoms. The third-order valence-electron chi connectivity index (χ3n) is 4.12. The number of rotatable bonds is 7. The van der Waals surface area contributed by atoms with E-state index in [1.54, 1.807) is 13.3 Å². The molecule has 0 fully saturated rings. The van der Waals surface area contributed by atoms with Gasteiger partial charge in [0.2, 0.25) is 5.91 Å². The van der Waals surface area contributed by atoms with Crippen molar-refractivity contribution in [1.29, 1.82) is 0 Å². The number of ether oxygens (including phenoxy) is 1. The Balaban J connectivity index is 1.51. The zero-order chi connectivity index (χ0) is 18.4.